The maximum absolute atomic E-state index is 12.2. The highest BCUT2D eigenvalue weighted by atomic mass is 32.1. The summed E-state index contributed by atoms with van der Waals surface area (Å²) >= 11 is 4.82. The summed E-state index contributed by atoms with van der Waals surface area (Å²) in [6.45, 7) is 3.21. The van der Waals surface area contributed by atoms with Crippen LogP contribution in [-0.4, -0.2) is 42.6 Å². The van der Waals surface area contributed by atoms with Crippen molar-refractivity contribution in [3.8, 4) is 0 Å². The number of hydrogen-bond donors (Lipinski definition) is 1. The summed E-state index contributed by atoms with van der Waals surface area (Å²) in [7, 11) is 1.59. The lowest BCUT2D eigenvalue weighted by Crippen LogP contribution is -2.36. The fourth-order valence-corrected chi connectivity index (χ4v) is 1.56. The Morgan fingerprint density at radius 2 is 2.22 bits per heavy atom. The molecule has 0 atom stereocenters. The average molecular weight is 270 g/mol. The van der Waals surface area contributed by atoms with Crippen molar-refractivity contribution in [2.75, 3.05) is 26.8 Å². The highest BCUT2D eigenvalue weighted by Gasteiger charge is 2.18. The van der Waals surface area contributed by atoms with Gasteiger partial charge in [-0.2, -0.15) is 0 Å². The summed E-state index contributed by atoms with van der Waals surface area (Å²) in [6.07, 6.45) is 0.491. The number of furan rings is 1. The summed E-state index contributed by atoms with van der Waals surface area (Å²) in [5.74, 6) is 0.863. The average Bonchev–Trinajstić information content (AvgIpc) is 2.75. The van der Waals surface area contributed by atoms with Gasteiger partial charge in [0.05, 0.1) is 11.6 Å². The summed E-state index contributed by atoms with van der Waals surface area (Å²) in [6, 6.07) is 3.42. The summed E-state index contributed by atoms with van der Waals surface area (Å²) < 4.78 is 10.3. The molecule has 1 rings (SSSR count). The lowest BCUT2D eigenvalue weighted by atomic mass is 10.3. The lowest BCUT2D eigenvalue weighted by Gasteiger charge is -2.20. The second-order valence-corrected chi connectivity index (χ2v) is 4.44. The molecule has 0 aliphatic heterocycles. The Balaban J connectivity index is 2.68. The molecule has 0 radical (unpaired) electrons. The van der Waals surface area contributed by atoms with Gasteiger partial charge < -0.3 is 19.8 Å². The van der Waals surface area contributed by atoms with Crippen LogP contribution < -0.4 is 5.73 Å². The SMILES string of the molecule is COCCN(CCC(N)=S)C(=O)c1ccc(C)o1. The number of thiocarbonyl (C=S) groups is 1. The Morgan fingerprint density at radius 3 is 2.72 bits per heavy atom. The Labute approximate surface area is 112 Å². The number of hydrogen-bond acceptors (Lipinski definition) is 4. The highest BCUT2D eigenvalue weighted by Crippen LogP contribution is 2.10. The predicted octanol–water partition coefficient (Wildman–Crippen LogP) is 1.35. The number of nitrogens with zero attached hydrogens (tertiary/aromatic N) is 1. The molecule has 0 fully saturated rings. The number of aryl methyl sites for hydroxylation is 1. The van der Waals surface area contributed by atoms with Gasteiger partial charge in [0.2, 0.25) is 0 Å². The van der Waals surface area contributed by atoms with E-state index in [4.69, 9.17) is 27.1 Å². The third-order valence-electron chi connectivity index (χ3n) is 2.43. The maximum Gasteiger partial charge on any atom is 0.289 e. The molecule has 1 heterocycles. The first-order valence-electron chi connectivity index (χ1n) is 5.67. The molecular formula is C12H18N2O3S. The van der Waals surface area contributed by atoms with Crippen molar-refractivity contribution in [3.05, 3.63) is 23.7 Å². The van der Waals surface area contributed by atoms with Crippen molar-refractivity contribution in [1.29, 1.82) is 0 Å². The van der Waals surface area contributed by atoms with Crippen LogP contribution in [0.3, 0.4) is 0 Å². The van der Waals surface area contributed by atoms with Crippen molar-refractivity contribution in [1.82, 2.24) is 4.90 Å². The Hall–Kier alpha value is -1.40. The molecule has 0 saturated heterocycles. The van der Waals surface area contributed by atoms with E-state index in [1.807, 2.05) is 0 Å². The monoisotopic (exact) mass is 270 g/mol. The number of amides is 1. The molecule has 0 unspecified atom stereocenters. The molecule has 2 N–H and O–H groups in total. The van der Waals surface area contributed by atoms with E-state index < -0.39 is 0 Å². The summed E-state index contributed by atoms with van der Waals surface area (Å²) in [5, 5.41) is 0. The quantitative estimate of drug-likeness (QED) is 0.757. The first-order chi connectivity index (χ1) is 8.54. The standard InChI is InChI=1S/C12H18N2O3S/c1-9-3-4-10(17-9)12(15)14(7-8-16-2)6-5-11(13)18/h3-4H,5-8H2,1-2H3,(H2,13,18). The molecule has 0 aromatic carbocycles. The van der Waals surface area contributed by atoms with Gasteiger partial charge in [0.15, 0.2) is 5.76 Å². The van der Waals surface area contributed by atoms with Crippen LogP contribution in [0.15, 0.2) is 16.5 Å². The third kappa shape index (κ3) is 4.46. The predicted molar refractivity (Wildman–Crippen MR) is 72.6 cm³/mol. The van der Waals surface area contributed by atoms with Crippen LogP contribution in [0.4, 0.5) is 0 Å². The molecule has 0 bridgehead atoms. The van der Waals surface area contributed by atoms with Crippen molar-refractivity contribution >= 4 is 23.1 Å². The van der Waals surface area contributed by atoms with E-state index in [0.717, 1.165) is 0 Å². The van der Waals surface area contributed by atoms with Crippen LogP contribution in [0.5, 0.6) is 0 Å². The molecule has 0 spiro atoms. The van der Waals surface area contributed by atoms with E-state index >= 15 is 0 Å². The molecule has 1 aromatic heterocycles. The van der Waals surface area contributed by atoms with Gasteiger partial charge in [-0.15, -0.1) is 0 Å². The Kier molecular flexibility index (Phi) is 5.80. The maximum atomic E-state index is 12.2. The molecule has 100 valence electrons. The van der Waals surface area contributed by atoms with Crippen LogP contribution in [0.25, 0.3) is 0 Å². The molecular weight excluding hydrogens is 252 g/mol. The minimum atomic E-state index is -0.170. The number of methoxy groups -OCH3 is 1. The number of nitrogens with two attached hydrogens (primary N) is 1. The minimum Gasteiger partial charge on any atom is -0.456 e. The first-order valence-corrected chi connectivity index (χ1v) is 6.08. The van der Waals surface area contributed by atoms with Crippen LogP contribution in [0, 0.1) is 6.92 Å². The largest absolute Gasteiger partial charge is 0.456 e. The fraction of sp³-hybridized carbons (Fsp3) is 0.500. The van der Waals surface area contributed by atoms with Crippen LogP contribution >= 0.6 is 12.2 Å². The highest BCUT2D eigenvalue weighted by molar-refractivity contribution is 7.80. The number of rotatable bonds is 7. The number of carbonyl (C=O) groups is 1. The molecule has 5 nitrogen and oxygen atoms in total. The van der Waals surface area contributed by atoms with E-state index in [-0.39, 0.29) is 5.91 Å². The minimum absolute atomic E-state index is 0.170. The molecule has 1 amide bonds. The van der Waals surface area contributed by atoms with E-state index in [9.17, 15) is 4.79 Å². The molecule has 0 saturated carbocycles. The van der Waals surface area contributed by atoms with Gasteiger partial charge in [0.1, 0.15) is 5.76 Å². The van der Waals surface area contributed by atoms with Crippen LogP contribution in [0.2, 0.25) is 0 Å². The lowest BCUT2D eigenvalue weighted by molar-refractivity contribution is 0.0669. The molecule has 0 aliphatic carbocycles. The third-order valence-corrected chi connectivity index (χ3v) is 2.64. The smallest absolute Gasteiger partial charge is 0.289 e. The van der Waals surface area contributed by atoms with Gasteiger partial charge >= 0.3 is 0 Å². The van der Waals surface area contributed by atoms with Gasteiger partial charge in [-0.3, -0.25) is 4.79 Å². The number of carbonyl (C=O) groups excluding carboxylic acids is 1. The van der Waals surface area contributed by atoms with Crippen LogP contribution in [0.1, 0.15) is 22.7 Å². The van der Waals surface area contributed by atoms with Gasteiger partial charge in [-0.05, 0) is 19.1 Å². The van der Waals surface area contributed by atoms with Gasteiger partial charge in [-0.1, -0.05) is 12.2 Å². The molecule has 6 heteroatoms. The zero-order valence-corrected chi connectivity index (χ0v) is 11.5. The Bertz CT molecular complexity index is 417. The summed E-state index contributed by atoms with van der Waals surface area (Å²) in [4.78, 5) is 14.2. The van der Waals surface area contributed by atoms with Crippen molar-refractivity contribution in [2.24, 2.45) is 5.73 Å². The topological polar surface area (TPSA) is 68.7 Å². The fourth-order valence-electron chi connectivity index (χ4n) is 1.47. The van der Waals surface area contributed by atoms with E-state index in [2.05, 4.69) is 0 Å². The van der Waals surface area contributed by atoms with E-state index in [1.165, 1.54) is 0 Å². The second kappa shape index (κ2) is 7.13. The summed E-state index contributed by atoms with van der Waals surface area (Å²) in [5.41, 5.74) is 5.45. The van der Waals surface area contributed by atoms with Gasteiger partial charge in [-0.25, -0.2) is 0 Å². The first kappa shape index (κ1) is 14.7. The normalized spacial score (nSPS) is 10.3. The van der Waals surface area contributed by atoms with Gasteiger partial charge in [0.25, 0.3) is 5.91 Å². The molecule has 18 heavy (non-hydrogen) atoms. The van der Waals surface area contributed by atoms with Gasteiger partial charge in [0, 0.05) is 26.6 Å². The second-order valence-electron chi connectivity index (χ2n) is 3.91. The molecule has 1 aromatic rings. The zero-order chi connectivity index (χ0) is 13.5. The Morgan fingerprint density at radius 1 is 1.50 bits per heavy atom. The van der Waals surface area contributed by atoms with E-state index in [1.54, 1.807) is 31.1 Å². The molecule has 0 aliphatic rings. The van der Waals surface area contributed by atoms with Crippen molar-refractivity contribution in [3.63, 3.8) is 0 Å². The zero-order valence-electron chi connectivity index (χ0n) is 10.6. The van der Waals surface area contributed by atoms with E-state index in [0.29, 0.717) is 42.6 Å². The van der Waals surface area contributed by atoms with Crippen LogP contribution in [-0.2, 0) is 4.74 Å². The van der Waals surface area contributed by atoms with Crippen molar-refractivity contribution < 1.29 is 13.9 Å². The van der Waals surface area contributed by atoms with Crippen molar-refractivity contribution in [2.45, 2.75) is 13.3 Å². The number of ether oxygens (including phenoxy) is 1.